The first-order chi connectivity index (χ1) is 15.7. The maximum absolute atomic E-state index is 5.93. The molecule has 0 unspecified atom stereocenters. The summed E-state index contributed by atoms with van der Waals surface area (Å²) in [4.78, 5) is 4.91. The number of para-hydroxylation sites is 2. The lowest BCUT2D eigenvalue weighted by atomic mass is 10.1. The summed E-state index contributed by atoms with van der Waals surface area (Å²) in [6, 6.07) is 21.8. The lowest BCUT2D eigenvalue weighted by molar-refractivity contribution is 0.303. The van der Waals surface area contributed by atoms with Crippen molar-refractivity contribution in [2.75, 3.05) is 20.8 Å². The number of hydrogen-bond acceptors (Lipinski definition) is 4. The number of imidazole rings is 1. The van der Waals surface area contributed by atoms with E-state index in [0.29, 0.717) is 11.6 Å². The predicted octanol–water partition coefficient (Wildman–Crippen LogP) is 6.16. The number of aromatic nitrogens is 2. The van der Waals surface area contributed by atoms with E-state index in [1.807, 2.05) is 42.5 Å². The SMILES string of the molecule is COc1ccc(Cc2nc3ccccc3n2CCCCOc2ccc(Cl)cc2)cc1OC. The third-order valence-corrected chi connectivity index (χ3v) is 5.65. The molecule has 0 aliphatic rings. The molecule has 4 aromatic rings. The zero-order valence-corrected chi connectivity index (χ0v) is 19.1. The van der Waals surface area contributed by atoms with E-state index in [9.17, 15) is 0 Å². The van der Waals surface area contributed by atoms with Crippen LogP contribution in [0.3, 0.4) is 0 Å². The van der Waals surface area contributed by atoms with Crippen LogP contribution in [0.15, 0.2) is 66.7 Å². The first-order valence-electron chi connectivity index (χ1n) is 10.7. The van der Waals surface area contributed by atoms with E-state index in [4.69, 9.17) is 30.8 Å². The second-order valence-electron chi connectivity index (χ2n) is 7.54. The molecule has 4 rings (SSSR count). The minimum Gasteiger partial charge on any atom is -0.494 e. The molecule has 0 saturated carbocycles. The summed E-state index contributed by atoms with van der Waals surface area (Å²) in [5.41, 5.74) is 3.30. The van der Waals surface area contributed by atoms with Crippen LogP contribution < -0.4 is 14.2 Å². The molecule has 0 N–H and O–H groups in total. The van der Waals surface area contributed by atoms with Gasteiger partial charge in [-0.15, -0.1) is 0 Å². The fourth-order valence-corrected chi connectivity index (χ4v) is 3.90. The maximum Gasteiger partial charge on any atom is 0.161 e. The molecule has 0 aliphatic heterocycles. The van der Waals surface area contributed by atoms with Crippen molar-refractivity contribution in [1.29, 1.82) is 0 Å². The van der Waals surface area contributed by atoms with Gasteiger partial charge in [0.05, 0.1) is 31.9 Å². The van der Waals surface area contributed by atoms with Crippen LogP contribution in [-0.4, -0.2) is 30.4 Å². The van der Waals surface area contributed by atoms with Gasteiger partial charge in [-0.1, -0.05) is 29.8 Å². The van der Waals surface area contributed by atoms with Gasteiger partial charge in [0.25, 0.3) is 0 Å². The minimum absolute atomic E-state index is 0.666. The van der Waals surface area contributed by atoms with Crippen molar-refractivity contribution in [3.05, 3.63) is 83.1 Å². The van der Waals surface area contributed by atoms with E-state index in [-0.39, 0.29) is 0 Å². The average Bonchev–Trinajstić information content (AvgIpc) is 3.17. The second kappa shape index (κ2) is 10.4. The number of ether oxygens (including phenoxy) is 3. The Kier molecular flexibility index (Phi) is 7.17. The zero-order valence-electron chi connectivity index (χ0n) is 18.4. The molecule has 32 heavy (non-hydrogen) atoms. The van der Waals surface area contributed by atoms with Crippen LogP contribution in [0.4, 0.5) is 0 Å². The van der Waals surface area contributed by atoms with Crippen LogP contribution in [-0.2, 0) is 13.0 Å². The number of benzene rings is 3. The van der Waals surface area contributed by atoms with Gasteiger partial charge in [-0.2, -0.15) is 0 Å². The molecule has 0 amide bonds. The van der Waals surface area contributed by atoms with Crippen LogP contribution in [0, 0.1) is 0 Å². The highest BCUT2D eigenvalue weighted by atomic mass is 35.5. The van der Waals surface area contributed by atoms with Gasteiger partial charge in [-0.25, -0.2) is 4.98 Å². The predicted molar refractivity (Wildman–Crippen MR) is 128 cm³/mol. The lowest BCUT2D eigenvalue weighted by Gasteiger charge is -2.12. The van der Waals surface area contributed by atoms with Gasteiger partial charge in [-0.05, 0) is 66.9 Å². The third-order valence-electron chi connectivity index (χ3n) is 5.40. The van der Waals surface area contributed by atoms with Crippen LogP contribution in [0.1, 0.15) is 24.2 Å². The smallest absolute Gasteiger partial charge is 0.161 e. The highest BCUT2D eigenvalue weighted by Crippen LogP contribution is 2.29. The Morgan fingerprint density at radius 2 is 1.66 bits per heavy atom. The van der Waals surface area contributed by atoms with E-state index in [2.05, 4.69) is 28.8 Å². The Morgan fingerprint density at radius 1 is 0.875 bits per heavy atom. The van der Waals surface area contributed by atoms with E-state index < -0.39 is 0 Å². The van der Waals surface area contributed by atoms with Crippen LogP contribution in [0.2, 0.25) is 5.02 Å². The summed E-state index contributed by atoms with van der Waals surface area (Å²) in [6.07, 6.45) is 2.66. The average molecular weight is 451 g/mol. The molecule has 1 aromatic heterocycles. The van der Waals surface area contributed by atoms with Crippen molar-refractivity contribution >= 4 is 22.6 Å². The van der Waals surface area contributed by atoms with Crippen molar-refractivity contribution < 1.29 is 14.2 Å². The van der Waals surface area contributed by atoms with E-state index >= 15 is 0 Å². The number of halogens is 1. The zero-order chi connectivity index (χ0) is 22.3. The molecule has 0 spiro atoms. The van der Waals surface area contributed by atoms with E-state index in [0.717, 1.165) is 65.5 Å². The molecule has 0 fully saturated rings. The summed E-state index contributed by atoms with van der Waals surface area (Å²) in [6.45, 7) is 1.55. The first-order valence-corrected chi connectivity index (χ1v) is 11.1. The van der Waals surface area contributed by atoms with Gasteiger partial charge in [0.2, 0.25) is 0 Å². The molecule has 166 valence electrons. The first kappa shape index (κ1) is 22.0. The maximum atomic E-state index is 5.93. The molecule has 3 aromatic carbocycles. The molecular weight excluding hydrogens is 424 g/mol. The molecule has 5 nitrogen and oxygen atoms in total. The number of unbranched alkanes of at least 4 members (excludes halogenated alkanes) is 1. The molecule has 0 saturated heterocycles. The van der Waals surface area contributed by atoms with Crippen molar-refractivity contribution in [3.8, 4) is 17.2 Å². The summed E-state index contributed by atoms with van der Waals surface area (Å²) >= 11 is 5.93. The van der Waals surface area contributed by atoms with Crippen molar-refractivity contribution in [3.63, 3.8) is 0 Å². The molecule has 1 heterocycles. The fourth-order valence-electron chi connectivity index (χ4n) is 3.78. The van der Waals surface area contributed by atoms with Gasteiger partial charge in [0, 0.05) is 18.0 Å². The highest BCUT2D eigenvalue weighted by Gasteiger charge is 2.13. The van der Waals surface area contributed by atoms with Gasteiger partial charge in [-0.3, -0.25) is 0 Å². The third kappa shape index (κ3) is 5.17. The summed E-state index contributed by atoms with van der Waals surface area (Å²) < 4.78 is 19.0. The summed E-state index contributed by atoms with van der Waals surface area (Å²) in [5.74, 6) is 3.34. The van der Waals surface area contributed by atoms with Gasteiger partial charge in [0.1, 0.15) is 11.6 Å². The van der Waals surface area contributed by atoms with Gasteiger partial charge in [0.15, 0.2) is 11.5 Å². The summed E-state index contributed by atoms with van der Waals surface area (Å²) in [7, 11) is 3.30. The van der Waals surface area contributed by atoms with Gasteiger partial charge >= 0.3 is 0 Å². The number of methoxy groups -OCH3 is 2. The normalized spacial score (nSPS) is 11.0. The van der Waals surface area contributed by atoms with Crippen LogP contribution >= 0.6 is 11.6 Å². The molecule has 6 heteroatoms. The van der Waals surface area contributed by atoms with Gasteiger partial charge < -0.3 is 18.8 Å². The van der Waals surface area contributed by atoms with E-state index in [1.54, 1.807) is 14.2 Å². The number of hydrogen-bond donors (Lipinski definition) is 0. The number of nitrogens with zero attached hydrogens (tertiary/aromatic N) is 2. The van der Waals surface area contributed by atoms with Crippen molar-refractivity contribution in [1.82, 2.24) is 9.55 Å². The topological polar surface area (TPSA) is 45.5 Å². The quantitative estimate of drug-likeness (QED) is 0.271. The standard InChI is InChI=1S/C26H27ClN2O3/c1-30-24-14-9-19(17-25(24)31-2)18-26-28-22-7-3-4-8-23(22)29(26)15-5-6-16-32-21-12-10-20(27)11-13-21/h3-4,7-14,17H,5-6,15-16,18H2,1-2H3. The largest absolute Gasteiger partial charge is 0.494 e. The Hall–Kier alpha value is -3.18. The number of aryl methyl sites for hydroxylation is 1. The Labute approximate surface area is 193 Å². The molecule has 0 radical (unpaired) electrons. The molecule has 0 atom stereocenters. The Morgan fingerprint density at radius 3 is 2.44 bits per heavy atom. The summed E-state index contributed by atoms with van der Waals surface area (Å²) in [5, 5.41) is 0.714. The fraction of sp³-hybridized carbons (Fsp3) is 0.269. The molecular formula is C26H27ClN2O3. The molecule has 0 aliphatic carbocycles. The minimum atomic E-state index is 0.666. The number of fused-ring (bicyclic) bond motifs is 1. The van der Waals surface area contributed by atoms with Crippen molar-refractivity contribution in [2.24, 2.45) is 0 Å². The number of rotatable bonds is 10. The second-order valence-corrected chi connectivity index (χ2v) is 7.98. The Bertz CT molecular complexity index is 1170. The highest BCUT2D eigenvalue weighted by molar-refractivity contribution is 6.30. The monoisotopic (exact) mass is 450 g/mol. The molecule has 0 bridgehead atoms. The van der Waals surface area contributed by atoms with E-state index in [1.165, 1.54) is 0 Å². The lowest BCUT2D eigenvalue weighted by Crippen LogP contribution is -2.07. The Balaban J connectivity index is 1.45. The van der Waals surface area contributed by atoms with Crippen LogP contribution in [0.5, 0.6) is 17.2 Å². The van der Waals surface area contributed by atoms with Crippen molar-refractivity contribution in [2.45, 2.75) is 25.8 Å². The van der Waals surface area contributed by atoms with Crippen LogP contribution in [0.25, 0.3) is 11.0 Å².